The topological polar surface area (TPSA) is 67.8 Å². The minimum atomic E-state index is -0.940. The minimum Gasteiger partial charge on any atom is -0.493 e. The summed E-state index contributed by atoms with van der Waals surface area (Å²) in [6.45, 7) is 2.71. The Labute approximate surface area is 185 Å². The molecule has 0 bridgehead atoms. The van der Waals surface area contributed by atoms with E-state index >= 15 is 0 Å². The Morgan fingerprint density at radius 1 is 1.03 bits per heavy atom. The molecule has 156 valence electrons. The van der Waals surface area contributed by atoms with E-state index in [0.717, 1.165) is 22.4 Å². The van der Waals surface area contributed by atoms with Gasteiger partial charge in [-0.3, -0.25) is 0 Å². The summed E-state index contributed by atoms with van der Waals surface area (Å²) in [6, 6.07) is 15.9. The van der Waals surface area contributed by atoms with Crippen LogP contribution >= 0.6 is 23.2 Å². The van der Waals surface area contributed by atoms with E-state index in [2.05, 4.69) is 5.32 Å². The third-order valence-electron chi connectivity index (χ3n) is 4.58. The van der Waals surface area contributed by atoms with Crippen LogP contribution in [0, 0.1) is 6.92 Å². The monoisotopic (exact) mass is 445 g/mol. The second-order valence-electron chi connectivity index (χ2n) is 6.70. The van der Waals surface area contributed by atoms with Crippen LogP contribution in [-0.2, 0) is 13.2 Å². The molecular weight excluding hydrogens is 425 g/mol. The average molecular weight is 446 g/mol. The van der Waals surface area contributed by atoms with Crippen LogP contribution in [0.4, 0.5) is 5.69 Å². The first-order valence-corrected chi connectivity index (χ1v) is 9.94. The van der Waals surface area contributed by atoms with Crippen molar-refractivity contribution in [3.63, 3.8) is 0 Å². The number of carbonyl (C=O) groups is 1. The second kappa shape index (κ2) is 9.74. The summed E-state index contributed by atoms with van der Waals surface area (Å²) in [5, 5.41) is 13.5. The lowest BCUT2D eigenvalue weighted by molar-refractivity contribution is 0.0697. The van der Waals surface area contributed by atoms with E-state index in [1.807, 2.05) is 31.2 Å². The predicted molar refractivity (Wildman–Crippen MR) is 119 cm³/mol. The van der Waals surface area contributed by atoms with E-state index in [1.54, 1.807) is 37.4 Å². The molecule has 0 saturated carbocycles. The minimum absolute atomic E-state index is 0.266. The molecule has 3 rings (SSSR count). The number of ether oxygens (including phenoxy) is 2. The molecule has 3 aromatic carbocycles. The number of hydrogen-bond donors (Lipinski definition) is 2. The van der Waals surface area contributed by atoms with Crippen LogP contribution in [0.25, 0.3) is 0 Å². The number of rotatable bonds is 8. The van der Waals surface area contributed by atoms with Gasteiger partial charge in [-0.2, -0.15) is 0 Å². The maximum Gasteiger partial charge on any atom is 0.335 e. The number of carboxylic acids is 1. The Morgan fingerprint density at radius 3 is 2.50 bits per heavy atom. The van der Waals surface area contributed by atoms with Gasteiger partial charge < -0.3 is 19.9 Å². The maximum absolute atomic E-state index is 11.1. The summed E-state index contributed by atoms with van der Waals surface area (Å²) in [4.78, 5) is 11.1. The van der Waals surface area contributed by atoms with Crippen LogP contribution in [0.3, 0.4) is 0 Å². The zero-order valence-corrected chi connectivity index (χ0v) is 18.1. The average Bonchev–Trinajstić information content (AvgIpc) is 2.72. The first-order valence-electron chi connectivity index (χ1n) is 9.19. The van der Waals surface area contributed by atoms with Gasteiger partial charge in [0, 0.05) is 27.8 Å². The number of aryl methyl sites for hydroxylation is 1. The van der Waals surface area contributed by atoms with Gasteiger partial charge >= 0.3 is 5.97 Å². The van der Waals surface area contributed by atoms with E-state index in [4.69, 9.17) is 37.8 Å². The highest BCUT2D eigenvalue weighted by atomic mass is 35.5. The van der Waals surface area contributed by atoms with Crippen molar-refractivity contribution >= 4 is 34.9 Å². The Hall–Kier alpha value is -2.89. The molecule has 5 nitrogen and oxygen atoms in total. The fourth-order valence-corrected chi connectivity index (χ4v) is 3.39. The summed E-state index contributed by atoms with van der Waals surface area (Å²) < 4.78 is 11.3. The number of benzene rings is 3. The van der Waals surface area contributed by atoms with Gasteiger partial charge in [-0.05, 0) is 60.5 Å². The predicted octanol–water partition coefficient (Wildman–Crippen LogP) is 6.20. The van der Waals surface area contributed by atoms with Crippen molar-refractivity contribution in [1.82, 2.24) is 0 Å². The quantitative estimate of drug-likeness (QED) is 0.431. The van der Waals surface area contributed by atoms with E-state index in [9.17, 15) is 4.79 Å². The molecule has 0 aromatic heterocycles. The number of halogens is 2. The molecule has 2 N–H and O–H groups in total. The Morgan fingerprint density at radius 2 is 1.83 bits per heavy atom. The summed E-state index contributed by atoms with van der Waals surface area (Å²) >= 11 is 12.1. The molecular formula is C23H21Cl2NO4. The van der Waals surface area contributed by atoms with Gasteiger partial charge in [0.25, 0.3) is 0 Å². The molecule has 0 amide bonds. The third kappa shape index (κ3) is 5.38. The van der Waals surface area contributed by atoms with Crippen LogP contribution in [0.15, 0.2) is 54.6 Å². The van der Waals surface area contributed by atoms with Gasteiger partial charge in [0.15, 0.2) is 11.5 Å². The van der Waals surface area contributed by atoms with Crippen LogP contribution in [0.5, 0.6) is 11.5 Å². The number of nitrogens with one attached hydrogen (secondary N) is 1. The highest BCUT2D eigenvalue weighted by Crippen LogP contribution is 2.30. The van der Waals surface area contributed by atoms with Crippen LogP contribution in [0.1, 0.15) is 27.0 Å². The van der Waals surface area contributed by atoms with Gasteiger partial charge in [0.1, 0.15) is 6.61 Å². The summed E-state index contributed by atoms with van der Waals surface area (Å²) in [5.41, 5.74) is 3.82. The number of aromatic carboxylic acids is 1. The molecule has 0 saturated heterocycles. The highest BCUT2D eigenvalue weighted by molar-refractivity contribution is 6.35. The molecule has 0 unspecified atom stereocenters. The lowest BCUT2D eigenvalue weighted by Gasteiger charge is -2.14. The van der Waals surface area contributed by atoms with E-state index in [-0.39, 0.29) is 5.56 Å². The zero-order valence-electron chi connectivity index (χ0n) is 16.5. The smallest absolute Gasteiger partial charge is 0.335 e. The normalized spacial score (nSPS) is 10.5. The summed E-state index contributed by atoms with van der Waals surface area (Å²) in [6.07, 6.45) is 0. The maximum atomic E-state index is 11.1. The van der Waals surface area contributed by atoms with Crippen molar-refractivity contribution in [3.8, 4) is 11.5 Å². The van der Waals surface area contributed by atoms with E-state index < -0.39 is 5.97 Å². The first kappa shape index (κ1) is 21.8. The molecule has 0 heterocycles. The van der Waals surface area contributed by atoms with Gasteiger partial charge in [-0.15, -0.1) is 0 Å². The van der Waals surface area contributed by atoms with Crippen LogP contribution in [-0.4, -0.2) is 18.2 Å². The largest absolute Gasteiger partial charge is 0.493 e. The lowest BCUT2D eigenvalue weighted by Crippen LogP contribution is -2.04. The Kier molecular flexibility index (Phi) is 7.08. The third-order valence-corrected chi connectivity index (χ3v) is 5.17. The van der Waals surface area contributed by atoms with Crippen molar-refractivity contribution in [2.24, 2.45) is 0 Å². The molecule has 0 aliphatic heterocycles. The van der Waals surface area contributed by atoms with Gasteiger partial charge in [0.05, 0.1) is 12.7 Å². The molecule has 30 heavy (non-hydrogen) atoms. The van der Waals surface area contributed by atoms with E-state index in [1.165, 1.54) is 0 Å². The number of hydrogen-bond acceptors (Lipinski definition) is 4. The van der Waals surface area contributed by atoms with Crippen molar-refractivity contribution in [2.75, 3.05) is 12.4 Å². The SMILES string of the molecule is COc1cc(CNc2ccc(C(=O)O)cc2C)ccc1OCc1ccc(Cl)cc1Cl. The lowest BCUT2D eigenvalue weighted by atomic mass is 10.1. The van der Waals surface area contributed by atoms with E-state index in [0.29, 0.717) is 34.7 Å². The van der Waals surface area contributed by atoms with Gasteiger partial charge in [-0.25, -0.2) is 4.79 Å². The Bertz CT molecular complexity index is 1070. The first-order chi connectivity index (χ1) is 14.4. The van der Waals surface area contributed by atoms with Gasteiger partial charge in [0.2, 0.25) is 0 Å². The second-order valence-corrected chi connectivity index (χ2v) is 7.54. The van der Waals surface area contributed by atoms with Crippen LogP contribution < -0.4 is 14.8 Å². The van der Waals surface area contributed by atoms with Crippen molar-refractivity contribution < 1.29 is 19.4 Å². The molecule has 0 aliphatic rings. The Balaban J connectivity index is 1.67. The molecule has 0 spiro atoms. The fraction of sp³-hybridized carbons (Fsp3) is 0.174. The van der Waals surface area contributed by atoms with Crippen molar-refractivity contribution in [3.05, 3.63) is 86.9 Å². The number of anilines is 1. The molecule has 0 radical (unpaired) electrons. The standard InChI is InChI=1S/C23H21Cl2NO4/c1-14-9-16(23(27)28)5-7-20(14)26-12-15-3-8-21(22(10-15)29-2)30-13-17-4-6-18(24)11-19(17)25/h3-11,26H,12-13H2,1-2H3,(H,27,28). The van der Waals surface area contributed by atoms with Crippen LogP contribution in [0.2, 0.25) is 10.0 Å². The van der Waals surface area contributed by atoms with Gasteiger partial charge in [-0.1, -0.05) is 35.3 Å². The molecule has 0 atom stereocenters. The molecule has 0 aliphatic carbocycles. The summed E-state index contributed by atoms with van der Waals surface area (Å²) in [5.74, 6) is 0.274. The zero-order chi connectivity index (χ0) is 21.7. The molecule has 7 heteroatoms. The van der Waals surface area contributed by atoms with Crippen molar-refractivity contribution in [1.29, 1.82) is 0 Å². The summed E-state index contributed by atoms with van der Waals surface area (Å²) in [7, 11) is 1.59. The molecule has 0 fully saturated rings. The highest BCUT2D eigenvalue weighted by Gasteiger charge is 2.10. The number of methoxy groups -OCH3 is 1. The number of carboxylic acid groups (broad SMARTS) is 1. The molecule has 3 aromatic rings. The fourth-order valence-electron chi connectivity index (χ4n) is 2.93. The van der Waals surface area contributed by atoms with Crippen molar-refractivity contribution in [2.45, 2.75) is 20.1 Å².